The van der Waals surface area contributed by atoms with Crippen molar-refractivity contribution >= 4 is 15.7 Å². The molecule has 2 aliphatic rings. The molecule has 0 saturated carbocycles. The fraction of sp³-hybridized carbons (Fsp3) is 0.333. The van der Waals surface area contributed by atoms with Crippen molar-refractivity contribution in [3.05, 3.63) is 46.5 Å². The van der Waals surface area contributed by atoms with E-state index in [1.165, 1.54) is 0 Å². The Labute approximate surface area is 141 Å². The van der Waals surface area contributed by atoms with Gasteiger partial charge in [0.1, 0.15) is 11.5 Å². The van der Waals surface area contributed by atoms with Crippen molar-refractivity contribution in [2.24, 2.45) is 0 Å². The van der Waals surface area contributed by atoms with Gasteiger partial charge in [0.2, 0.25) is 0 Å². The molecule has 2 aromatic carbocycles. The van der Waals surface area contributed by atoms with Crippen LogP contribution in [0.3, 0.4) is 0 Å². The Balaban J connectivity index is 1.79. The summed E-state index contributed by atoms with van der Waals surface area (Å²) in [5.74, 6) is 1.41. The Morgan fingerprint density at radius 3 is 2.58 bits per heavy atom. The maximum absolute atomic E-state index is 12.9. The van der Waals surface area contributed by atoms with Crippen LogP contribution in [0.25, 0.3) is 0 Å². The number of nitrogens with one attached hydrogen (secondary N) is 1. The number of aryl methyl sites for hydroxylation is 2. The molecule has 2 aromatic rings. The number of anilines is 1. The molecular weight excluding hydrogens is 326 g/mol. The number of sulfonamides is 1. The van der Waals surface area contributed by atoms with E-state index in [4.69, 9.17) is 9.47 Å². The Morgan fingerprint density at radius 1 is 1.00 bits per heavy atom. The third-order valence-corrected chi connectivity index (χ3v) is 6.02. The van der Waals surface area contributed by atoms with Gasteiger partial charge in [-0.05, 0) is 43.2 Å². The minimum atomic E-state index is -3.68. The highest BCUT2D eigenvalue weighted by atomic mass is 32.2. The molecule has 0 spiro atoms. The van der Waals surface area contributed by atoms with Crippen LogP contribution in [-0.2, 0) is 22.9 Å². The minimum Gasteiger partial charge on any atom is -0.493 e. The van der Waals surface area contributed by atoms with Crippen molar-refractivity contribution in [3.63, 3.8) is 0 Å². The Bertz CT molecular complexity index is 902. The lowest BCUT2D eigenvalue weighted by atomic mass is 10.0. The van der Waals surface area contributed by atoms with E-state index in [0.29, 0.717) is 31.1 Å². The van der Waals surface area contributed by atoms with E-state index in [1.807, 2.05) is 26.0 Å². The molecule has 0 fully saturated rings. The Kier molecular flexibility index (Phi) is 3.46. The maximum atomic E-state index is 12.9. The fourth-order valence-corrected chi connectivity index (χ4v) is 4.35. The van der Waals surface area contributed by atoms with Gasteiger partial charge in [0.25, 0.3) is 10.0 Å². The second-order valence-electron chi connectivity index (χ2n) is 6.26. The fourth-order valence-electron chi connectivity index (χ4n) is 3.17. The van der Waals surface area contributed by atoms with Gasteiger partial charge in [-0.15, -0.1) is 0 Å². The van der Waals surface area contributed by atoms with E-state index in [2.05, 4.69) is 4.72 Å². The first-order valence-electron chi connectivity index (χ1n) is 8.00. The molecule has 0 aromatic heterocycles. The van der Waals surface area contributed by atoms with Crippen LogP contribution in [0.4, 0.5) is 5.69 Å². The third kappa shape index (κ3) is 2.41. The minimum absolute atomic E-state index is 0.258. The van der Waals surface area contributed by atoms with Gasteiger partial charge >= 0.3 is 0 Å². The summed E-state index contributed by atoms with van der Waals surface area (Å²) in [6, 6.07) is 7.12. The summed E-state index contributed by atoms with van der Waals surface area (Å²) < 4.78 is 39.8. The number of rotatable bonds is 3. The number of fused-ring (bicyclic) bond motifs is 2. The van der Waals surface area contributed by atoms with Gasteiger partial charge in [-0.2, -0.15) is 0 Å². The van der Waals surface area contributed by atoms with E-state index in [1.54, 1.807) is 12.1 Å². The summed E-state index contributed by atoms with van der Waals surface area (Å²) in [7, 11) is -3.68. The zero-order chi connectivity index (χ0) is 16.9. The third-order valence-electron chi connectivity index (χ3n) is 4.68. The number of hydrogen-bond acceptors (Lipinski definition) is 4. The molecule has 24 heavy (non-hydrogen) atoms. The van der Waals surface area contributed by atoms with Crippen molar-refractivity contribution in [1.82, 2.24) is 0 Å². The molecule has 2 aliphatic heterocycles. The molecule has 2 heterocycles. The normalized spacial score (nSPS) is 15.4. The summed E-state index contributed by atoms with van der Waals surface area (Å²) in [4.78, 5) is 0.258. The lowest BCUT2D eigenvalue weighted by Crippen LogP contribution is -2.15. The number of hydrogen-bond donors (Lipinski definition) is 1. The highest BCUT2D eigenvalue weighted by molar-refractivity contribution is 7.92. The smallest absolute Gasteiger partial charge is 0.262 e. The highest BCUT2D eigenvalue weighted by Crippen LogP contribution is 2.45. The van der Waals surface area contributed by atoms with Crippen LogP contribution in [0.15, 0.2) is 29.2 Å². The number of ether oxygens (including phenoxy) is 2. The van der Waals surface area contributed by atoms with E-state index in [9.17, 15) is 8.42 Å². The predicted molar refractivity (Wildman–Crippen MR) is 91.6 cm³/mol. The van der Waals surface area contributed by atoms with E-state index >= 15 is 0 Å². The molecule has 126 valence electrons. The lowest BCUT2D eigenvalue weighted by molar-refractivity contribution is 0.356. The zero-order valence-electron chi connectivity index (χ0n) is 13.7. The summed E-state index contributed by atoms with van der Waals surface area (Å²) in [6.07, 6.45) is 1.45. The van der Waals surface area contributed by atoms with Crippen LogP contribution in [0.1, 0.15) is 22.3 Å². The zero-order valence-corrected chi connectivity index (χ0v) is 14.5. The SMILES string of the molecule is Cc1ccc(S(=O)(=O)Nc2c3c(cc4c2OCC4)OCC3)cc1C. The van der Waals surface area contributed by atoms with Gasteiger partial charge in [0.15, 0.2) is 0 Å². The first-order valence-corrected chi connectivity index (χ1v) is 9.48. The summed E-state index contributed by atoms with van der Waals surface area (Å²) in [5.41, 5.74) is 4.42. The van der Waals surface area contributed by atoms with Gasteiger partial charge in [-0.3, -0.25) is 4.72 Å². The molecule has 0 atom stereocenters. The number of benzene rings is 2. The second-order valence-corrected chi connectivity index (χ2v) is 7.95. The standard InChI is InChI=1S/C18H19NO4S/c1-11-3-4-14(9-12(11)2)24(20,21)19-17-15-6-8-22-16(15)10-13-5-7-23-18(13)17/h3-4,9-10,19H,5-8H2,1-2H3. The largest absolute Gasteiger partial charge is 0.493 e. The van der Waals surface area contributed by atoms with Gasteiger partial charge in [-0.25, -0.2) is 8.42 Å². The molecule has 0 aliphatic carbocycles. The molecule has 6 heteroatoms. The van der Waals surface area contributed by atoms with Crippen LogP contribution in [0.5, 0.6) is 11.5 Å². The highest BCUT2D eigenvalue weighted by Gasteiger charge is 2.29. The first-order chi connectivity index (χ1) is 11.5. The van der Waals surface area contributed by atoms with Crippen LogP contribution in [0, 0.1) is 13.8 Å². The lowest BCUT2D eigenvalue weighted by Gasteiger charge is -2.15. The van der Waals surface area contributed by atoms with Crippen LogP contribution in [0.2, 0.25) is 0 Å². The second kappa shape index (κ2) is 5.41. The Hall–Kier alpha value is -2.21. The molecule has 0 saturated heterocycles. The van der Waals surface area contributed by atoms with E-state index < -0.39 is 10.0 Å². The average molecular weight is 345 g/mol. The topological polar surface area (TPSA) is 64.6 Å². The monoisotopic (exact) mass is 345 g/mol. The molecular formula is C18H19NO4S. The van der Waals surface area contributed by atoms with Crippen molar-refractivity contribution in [2.45, 2.75) is 31.6 Å². The quantitative estimate of drug-likeness (QED) is 0.929. The molecule has 0 radical (unpaired) electrons. The summed E-state index contributed by atoms with van der Waals surface area (Å²) in [6.45, 7) is 5.00. The van der Waals surface area contributed by atoms with E-state index in [0.717, 1.165) is 34.4 Å². The summed E-state index contributed by atoms with van der Waals surface area (Å²) in [5, 5.41) is 0. The van der Waals surface area contributed by atoms with Crippen LogP contribution < -0.4 is 14.2 Å². The van der Waals surface area contributed by atoms with Crippen LogP contribution in [-0.4, -0.2) is 21.6 Å². The first kappa shape index (κ1) is 15.3. The van der Waals surface area contributed by atoms with Gasteiger partial charge in [0.05, 0.1) is 23.8 Å². The molecule has 0 bridgehead atoms. The molecule has 0 unspecified atom stereocenters. The van der Waals surface area contributed by atoms with E-state index in [-0.39, 0.29) is 4.90 Å². The molecule has 0 amide bonds. The van der Waals surface area contributed by atoms with Crippen LogP contribution >= 0.6 is 0 Å². The molecule has 1 N–H and O–H groups in total. The van der Waals surface area contributed by atoms with Crippen molar-refractivity contribution in [2.75, 3.05) is 17.9 Å². The van der Waals surface area contributed by atoms with Gasteiger partial charge in [-0.1, -0.05) is 6.07 Å². The van der Waals surface area contributed by atoms with Crippen molar-refractivity contribution in [3.8, 4) is 11.5 Å². The average Bonchev–Trinajstić information content (AvgIpc) is 3.18. The predicted octanol–water partition coefficient (Wildman–Crippen LogP) is 2.97. The van der Waals surface area contributed by atoms with Crippen molar-refractivity contribution < 1.29 is 17.9 Å². The molecule has 4 rings (SSSR count). The van der Waals surface area contributed by atoms with Crippen molar-refractivity contribution in [1.29, 1.82) is 0 Å². The van der Waals surface area contributed by atoms with Gasteiger partial charge in [0, 0.05) is 24.0 Å². The van der Waals surface area contributed by atoms with Gasteiger partial charge < -0.3 is 9.47 Å². The maximum Gasteiger partial charge on any atom is 0.262 e. The summed E-state index contributed by atoms with van der Waals surface area (Å²) >= 11 is 0. The molecule has 5 nitrogen and oxygen atoms in total. The Morgan fingerprint density at radius 2 is 1.79 bits per heavy atom.